The summed E-state index contributed by atoms with van der Waals surface area (Å²) in [5, 5.41) is 0.0182. The summed E-state index contributed by atoms with van der Waals surface area (Å²) in [5.74, 6) is -5.74. The van der Waals surface area contributed by atoms with Gasteiger partial charge in [0.2, 0.25) is 9.84 Å². The van der Waals surface area contributed by atoms with Crippen molar-refractivity contribution in [3.63, 3.8) is 0 Å². The van der Waals surface area contributed by atoms with E-state index in [0.717, 1.165) is 42.6 Å². The number of rotatable bonds is 3. The molecular weight excluding hydrogens is 425 g/mol. The number of hydrogen-bond acceptors (Lipinski definition) is 3. The lowest BCUT2D eigenvalue weighted by atomic mass is 10.0. The average Bonchev–Trinajstić information content (AvgIpc) is 2.71. The van der Waals surface area contributed by atoms with Crippen LogP contribution >= 0.6 is 0 Å². The van der Waals surface area contributed by atoms with Gasteiger partial charge in [-0.05, 0) is 54.1 Å². The monoisotopic (exact) mass is 435 g/mol. The molecule has 9 heteroatoms. The first kappa shape index (κ1) is 20.0. The molecule has 0 saturated carbocycles. The first-order valence-corrected chi connectivity index (χ1v) is 9.90. The minimum absolute atomic E-state index is 0.0182. The third-order valence-corrected chi connectivity index (χ3v) is 6.26. The Labute approximate surface area is 167 Å². The van der Waals surface area contributed by atoms with Crippen LogP contribution < -0.4 is 0 Å². The fraction of sp³-hybridized carbons (Fsp3) is 0. The second-order valence-corrected chi connectivity index (χ2v) is 8.29. The Morgan fingerprint density at radius 1 is 0.700 bits per heavy atom. The van der Waals surface area contributed by atoms with Crippen molar-refractivity contribution >= 4 is 20.7 Å². The van der Waals surface area contributed by atoms with Crippen LogP contribution in [-0.2, 0) is 9.84 Å². The van der Waals surface area contributed by atoms with Crippen molar-refractivity contribution in [2.75, 3.05) is 0 Å². The molecule has 0 unspecified atom stereocenters. The summed E-state index contributed by atoms with van der Waals surface area (Å²) < 4.78 is 94.5. The highest BCUT2D eigenvalue weighted by Gasteiger charge is 2.26. The van der Waals surface area contributed by atoms with Crippen LogP contribution in [-0.4, -0.2) is 13.4 Å². The number of fused-ring (bicyclic) bond motifs is 1. The Morgan fingerprint density at radius 3 is 2.03 bits per heavy atom. The van der Waals surface area contributed by atoms with Crippen molar-refractivity contribution in [1.82, 2.24) is 4.98 Å². The number of pyridine rings is 1. The van der Waals surface area contributed by atoms with E-state index in [1.807, 2.05) is 0 Å². The summed E-state index contributed by atoms with van der Waals surface area (Å²) in [5.41, 5.74) is -0.0171. The molecule has 0 saturated heterocycles. The Morgan fingerprint density at radius 2 is 1.37 bits per heavy atom. The lowest BCUT2D eigenvalue weighted by molar-refractivity contribution is 0.504. The summed E-state index contributed by atoms with van der Waals surface area (Å²) >= 11 is 0. The minimum Gasteiger partial charge on any atom is -0.255 e. The Bertz CT molecular complexity index is 1420. The fourth-order valence-electron chi connectivity index (χ4n) is 3.07. The topological polar surface area (TPSA) is 47.0 Å². The molecule has 4 aromatic rings. The number of halogens is 5. The van der Waals surface area contributed by atoms with Crippen molar-refractivity contribution in [2.45, 2.75) is 9.79 Å². The van der Waals surface area contributed by atoms with Gasteiger partial charge in [-0.2, -0.15) is 0 Å². The number of sulfone groups is 1. The predicted molar refractivity (Wildman–Crippen MR) is 98.9 cm³/mol. The van der Waals surface area contributed by atoms with Gasteiger partial charge in [-0.1, -0.05) is 6.07 Å². The van der Waals surface area contributed by atoms with E-state index in [0.29, 0.717) is 12.1 Å². The molecule has 0 spiro atoms. The molecule has 1 heterocycles. The molecule has 152 valence electrons. The first-order chi connectivity index (χ1) is 14.2. The first-order valence-electron chi connectivity index (χ1n) is 8.42. The quantitative estimate of drug-likeness (QED) is 0.319. The van der Waals surface area contributed by atoms with Gasteiger partial charge in [-0.3, -0.25) is 4.98 Å². The highest BCUT2D eigenvalue weighted by atomic mass is 32.2. The molecule has 0 N–H and O–H groups in total. The van der Waals surface area contributed by atoms with Gasteiger partial charge in [0.05, 0.1) is 15.3 Å². The molecule has 3 nitrogen and oxygen atoms in total. The fourth-order valence-corrected chi connectivity index (χ4v) is 4.52. The van der Waals surface area contributed by atoms with Crippen molar-refractivity contribution in [3.8, 4) is 11.1 Å². The summed E-state index contributed by atoms with van der Waals surface area (Å²) in [6.45, 7) is 0. The molecule has 0 atom stereocenters. The standard InChI is InChI=1S/C21H10F5NO2S/c22-12-2-6-19-14(8-12)21(11-1-4-15(23)17(25)7-11)20(10-27-19)30(28,29)13-3-5-16(24)18(26)9-13/h1-10H. The van der Waals surface area contributed by atoms with E-state index in [4.69, 9.17) is 0 Å². The van der Waals surface area contributed by atoms with Crippen LogP contribution in [0.5, 0.6) is 0 Å². The van der Waals surface area contributed by atoms with Gasteiger partial charge in [-0.15, -0.1) is 0 Å². The van der Waals surface area contributed by atoms with E-state index in [1.54, 1.807) is 0 Å². The maximum atomic E-state index is 13.9. The smallest absolute Gasteiger partial charge is 0.208 e. The molecule has 3 aromatic carbocycles. The second kappa shape index (κ2) is 7.17. The maximum Gasteiger partial charge on any atom is 0.208 e. The second-order valence-electron chi connectivity index (χ2n) is 6.37. The van der Waals surface area contributed by atoms with Gasteiger partial charge in [0.15, 0.2) is 23.3 Å². The lowest BCUT2D eigenvalue weighted by Gasteiger charge is -2.14. The summed E-state index contributed by atoms with van der Waals surface area (Å²) in [7, 11) is -4.49. The Kier molecular flexibility index (Phi) is 4.77. The van der Waals surface area contributed by atoms with Gasteiger partial charge in [0.1, 0.15) is 5.82 Å². The van der Waals surface area contributed by atoms with E-state index in [9.17, 15) is 30.4 Å². The molecular formula is C21H10F5NO2S. The number of benzene rings is 3. The molecule has 0 bridgehead atoms. The van der Waals surface area contributed by atoms with E-state index in [-0.39, 0.29) is 22.0 Å². The van der Waals surface area contributed by atoms with Crippen molar-refractivity contribution in [3.05, 3.63) is 89.9 Å². The zero-order chi connectivity index (χ0) is 21.6. The third kappa shape index (κ3) is 3.30. The Balaban J connectivity index is 2.09. The Hall–Kier alpha value is -3.33. The van der Waals surface area contributed by atoms with E-state index < -0.39 is 48.7 Å². The van der Waals surface area contributed by atoms with E-state index in [1.165, 1.54) is 6.07 Å². The zero-order valence-corrected chi connectivity index (χ0v) is 15.7. The summed E-state index contributed by atoms with van der Waals surface area (Å²) in [4.78, 5) is 2.92. The minimum atomic E-state index is -4.49. The van der Waals surface area contributed by atoms with Crippen molar-refractivity contribution in [1.29, 1.82) is 0 Å². The molecule has 0 fully saturated rings. The molecule has 30 heavy (non-hydrogen) atoms. The van der Waals surface area contributed by atoms with Crippen LogP contribution in [0.15, 0.2) is 70.6 Å². The molecule has 4 rings (SSSR count). The van der Waals surface area contributed by atoms with Crippen LogP contribution in [0.3, 0.4) is 0 Å². The molecule has 0 aliphatic heterocycles. The SMILES string of the molecule is O=S(=O)(c1ccc(F)c(F)c1)c1cnc2ccc(F)cc2c1-c1ccc(F)c(F)c1. The molecule has 0 aliphatic rings. The van der Waals surface area contributed by atoms with Gasteiger partial charge in [0, 0.05) is 17.1 Å². The number of nitrogens with zero attached hydrogens (tertiary/aromatic N) is 1. The number of aromatic nitrogens is 1. The van der Waals surface area contributed by atoms with Crippen LogP contribution in [0.25, 0.3) is 22.0 Å². The van der Waals surface area contributed by atoms with Crippen molar-refractivity contribution < 1.29 is 30.4 Å². The predicted octanol–water partition coefficient (Wildman–Crippen LogP) is 5.43. The molecule has 0 aliphatic carbocycles. The van der Waals surface area contributed by atoms with Crippen LogP contribution in [0.4, 0.5) is 22.0 Å². The van der Waals surface area contributed by atoms with Gasteiger partial charge >= 0.3 is 0 Å². The summed E-state index contributed by atoms with van der Waals surface area (Å²) in [6, 6.07) is 8.09. The highest BCUT2D eigenvalue weighted by molar-refractivity contribution is 7.91. The normalized spacial score (nSPS) is 11.8. The van der Waals surface area contributed by atoms with Crippen LogP contribution in [0.2, 0.25) is 0 Å². The van der Waals surface area contributed by atoms with Gasteiger partial charge < -0.3 is 0 Å². The zero-order valence-electron chi connectivity index (χ0n) is 14.8. The largest absolute Gasteiger partial charge is 0.255 e. The van der Waals surface area contributed by atoms with Crippen molar-refractivity contribution in [2.24, 2.45) is 0 Å². The molecule has 0 amide bonds. The van der Waals surface area contributed by atoms with E-state index >= 15 is 0 Å². The molecule has 0 radical (unpaired) electrons. The summed E-state index contributed by atoms with van der Waals surface area (Å²) in [6.07, 6.45) is 0.952. The maximum absolute atomic E-state index is 13.9. The van der Waals surface area contributed by atoms with Gasteiger partial charge in [-0.25, -0.2) is 30.4 Å². The van der Waals surface area contributed by atoms with Crippen LogP contribution in [0, 0.1) is 29.1 Å². The lowest BCUT2D eigenvalue weighted by Crippen LogP contribution is -2.07. The third-order valence-electron chi connectivity index (χ3n) is 4.49. The van der Waals surface area contributed by atoms with Gasteiger partial charge in [0.25, 0.3) is 0 Å². The number of hydrogen-bond donors (Lipinski definition) is 0. The molecule has 1 aromatic heterocycles. The van der Waals surface area contributed by atoms with Crippen LogP contribution in [0.1, 0.15) is 0 Å². The average molecular weight is 435 g/mol. The van der Waals surface area contributed by atoms with E-state index in [2.05, 4.69) is 4.98 Å². The highest BCUT2D eigenvalue weighted by Crippen LogP contribution is 2.37.